The van der Waals surface area contributed by atoms with Crippen molar-refractivity contribution in [1.82, 2.24) is 15.2 Å². The average molecular weight is 484 g/mol. The minimum Gasteiger partial charge on any atom is -0.406 e. The summed E-state index contributed by atoms with van der Waals surface area (Å²) < 4.78 is 42.6. The van der Waals surface area contributed by atoms with Crippen molar-refractivity contribution in [3.05, 3.63) is 83.6 Å². The van der Waals surface area contributed by atoms with E-state index < -0.39 is 6.36 Å². The lowest BCUT2D eigenvalue weighted by Crippen LogP contribution is -2.24. The van der Waals surface area contributed by atoms with Crippen LogP contribution in [0.2, 0.25) is 0 Å². The molecule has 0 aliphatic heterocycles. The fourth-order valence-electron chi connectivity index (χ4n) is 3.45. The second kappa shape index (κ2) is 9.52. The highest BCUT2D eigenvalue weighted by molar-refractivity contribution is 7.80. The number of ether oxygens (including phenoxy) is 1. The fraction of sp³-hybridized carbons (Fsp3) is 0.125. The lowest BCUT2D eigenvalue weighted by Gasteiger charge is -2.12. The van der Waals surface area contributed by atoms with E-state index in [9.17, 15) is 13.2 Å². The third-order valence-corrected chi connectivity index (χ3v) is 5.20. The Morgan fingerprint density at radius 3 is 2.44 bits per heavy atom. The van der Waals surface area contributed by atoms with Gasteiger partial charge in [-0.25, -0.2) is 4.68 Å². The first-order valence-corrected chi connectivity index (χ1v) is 10.6. The number of hydrazone groups is 1. The van der Waals surface area contributed by atoms with Gasteiger partial charge in [0.05, 0.1) is 23.6 Å². The molecule has 1 aromatic heterocycles. The first-order valence-electron chi connectivity index (χ1n) is 10.2. The van der Waals surface area contributed by atoms with Crippen LogP contribution >= 0.6 is 12.2 Å². The van der Waals surface area contributed by atoms with Crippen LogP contribution in [0.5, 0.6) is 5.75 Å². The number of anilines is 1. The maximum Gasteiger partial charge on any atom is 0.573 e. The first-order chi connectivity index (χ1) is 16.2. The van der Waals surface area contributed by atoms with Gasteiger partial charge >= 0.3 is 6.36 Å². The summed E-state index contributed by atoms with van der Waals surface area (Å²) in [5.41, 5.74) is 8.14. The van der Waals surface area contributed by atoms with Crippen LogP contribution in [0.3, 0.4) is 0 Å². The average Bonchev–Trinajstić information content (AvgIpc) is 3.19. The number of hydrogen-bond acceptors (Lipinski definition) is 4. The van der Waals surface area contributed by atoms with Gasteiger partial charge in [-0.2, -0.15) is 10.2 Å². The molecular formula is C24H20F3N5OS. The minimum atomic E-state index is -4.73. The number of halogens is 3. The minimum absolute atomic E-state index is 0.288. The molecule has 0 spiro atoms. The van der Waals surface area contributed by atoms with Crippen LogP contribution in [0.1, 0.15) is 16.7 Å². The summed E-state index contributed by atoms with van der Waals surface area (Å²) in [5, 5.41) is 12.9. The molecule has 0 fully saturated rings. The Hall–Kier alpha value is -3.92. The Balaban J connectivity index is 1.44. The molecule has 1 heterocycles. The monoisotopic (exact) mass is 483 g/mol. The van der Waals surface area contributed by atoms with E-state index in [1.165, 1.54) is 24.3 Å². The Bertz CT molecular complexity index is 1340. The summed E-state index contributed by atoms with van der Waals surface area (Å²) in [5.74, 6) is -0.288. The second-order valence-corrected chi connectivity index (χ2v) is 7.92. The van der Waals surface area contributed by atoms with E-state index in [2.05, 4.69) is 25.7 Å². The van der Waals surface area contributed by atoms with E-state index in [0.29, 0.717) is 10.8 Å². The SMILES string of the molecule is Cc1cccc(C)c1NC(=S)NN=Cc1ccc2c(cnn2-c2ccc(OC(F)(F)F)cc2)c1. The topological polar surface area (TPSA) is 63.5 Å². The standard InChI is InChI=1S/C24H20F3N5OS/c1-15-4-3-5-16(2)22(15)30-23(34)31-28-13-17-6-11-21-18(12-17)14-29-32(21)19-7-9-20(10-8-19)33-24(25,26)27/h3-14H,1-2H3,(H2,30,31,34). The summed E-state index contributed by atoms with van der Waals surface area (Å²) in [4.78, 5) is 0. The molecule has 4 aromatic rings. The number of thiocarbonyl (C=S) groups is 1. The van der Waals surface area contributed by atoms with Gasteiger partial charge < -0.3 is 10.1 Å². The first kappa shape index (κ1) is 23.2. The van der Waals surface area contributed by atoms with Gasteiger partial charge in [-0.3, -0.25) is 5.43 Å². The molecule has 0 bridgehead atoms. The number of aromatic nitrogens is 2. The third-order valence-electron chi connectivity index (χ3n) is 5.01. The van der Waals surface area contributed by atoms with Crippen molar-refractivity contribution in [2.45, 2.75) is 20.2 Å². The van der Waals surface area contributed by atoms with Gasteiger partial charge in [0, 0.05) is 11.1 Å². The van der Waals surface area contributed by atoms with Crippen molar-refractivity contribution in [3.8, 4) is 11.4 Å². The Morgan fingerprint density at radius 2 is 1.76 bits per heavy atom. The van der Waals surface area contributed by atoms with Crippen LogP contribution in [0.15, 0.2) is 72.0 Å². The van der Waals surface area contributed by atoms with Gasteiger partial charge in [-0.1, -0.05) is 24.3 Å². The zero-order chi connectivity index (χ0) is 24.3. The molecule has 2 N–H and O–H groups in total. The second-order valence-electron chi connectivity index (χ2n) is 7.51. The molecule has 0 aliphatic carbocycles. The van der Waals surface area contributed by atoms with Crippen LogP contribution in [0.4, 0.5) is 18.9 Å². The van der Waals surface area contributed by atoms with E-state index in [1.807, 2.05) is 50.2 Å². The molecule has 6 nitrogen and oxygen atoms in total. The van der Waals surface area contributed by atoms with E-state index in [1.54, 1.807) is 17.1 Å². The number of fused-ring (bicyclic) bond motifs is 1. The molecule has 10 heteroatoms. The summed E-state index contributed by atoms with van der Waals surface area (Å²) in [7, 11) is 0. The number of para-hydroxylation sites is 1. The number of alkyl halides is 3. The summed E-state index contributed by atoms with van der Waals surface area (Å²) >= 11 is 5.32. The zero-order valence-electron chi connectivity index (χ0n) is 18.2. The molecule has 0 aliphatic rings. The maximum atomic E-state index is 12.4. The molecule has 4 rings (SSSR count). The van der Waals surface area contributed by atoms with Crippen molar-refractivity contribution in [2.75, 3.05) is 5.32 Å². The van der Waals surface area contributed by atoms with Crippen molar-refractivity contribution >= 4 is 40.1 Å². The number of nitrogens with one attached hydrogen (secondary N) is 2. The summed E-state index contributed by atoms with van der Waals surface area (Å²) in [6.07, 6.45) is -1.42. The highest BCUT2D eigenvalue weighted by atomic mass is 32.1. The van der Waals surface area contributed by atoms with Gasteiger partial charge in [0.25, 0.3) is 0 Å². The predicted molar refractivity (Wildman–Crippen MR) is 131 cm³/mol. The van der Waals surface area contributed by atoms with Crippen molar-refractivity contribution in [1.29, 1.82) is 0 Å². The molecular weight excluding hydrogens is 463 g/mol. The van der Waals surface area contributed by atoms with Crippen LogP contribution in [-0.4, -0.2) is 27.5 Å². The maximum absolute atomic E-state index is 12.4. The smallest absolute Gasteiger partial charge is 0.406 e. The number of nitrogens with zero attached hydrogens (tertiary/aromatic N) is 3. The van der Waals surface area contributed by atoms with E-state index >= 15 is 0 Å². The van der Waals surface area contributed by atoms with Crippen molar-refractivity contribution in [3.63, 3.8) is 0 Å². The number of aryl methyl sites for hydroxylation is 2. The number of hydrogen-bond donors (Lipinski definition) is 2. The fourth-order valence-corrected chi connectivity index (χ4v) is 3.60. The molecule has 0 radical (unpaired) electrons. The van der Waals surface area contributed by atoms with Gasteiger partial charge in [-0.15, -0.1) is 13.2 Å². The molecule has 34 heavy (non-hydrogen) atoms. The molecule has 174 valence electrons. The Morgan fingerprint density at radius 1 is 1.06 bits per heavy atom. The van der Waals surface area contributed by atoms with E-state index in [0.717, 1.165) is 33.3 Å². The van der Waals surface area contributed by atoms with Crippen LogP contribution in [0.25, 0.3) is 16.6 Å². The molecule has 0 amide bonds. The van der Waals surface area contributed by atoms with Crippen LogP contribution in [-0.2, 0) is 0 Å². The molecule has 3 aromatic carbocycles. The molecule has 0 unspecified atom stereocenters. The Kier molecular flexibility index (Phi) is 6.51. The molecule has 0 saturated carbocycles. The van der Waals surface area contributed by atoms with Crippen molar-refractivity contribution in [2.24, 2.45) is 5.10 Å². The van der Waals surface area contributed by atoms with E-state index in [-0.39, 0.29) is 5.75 Å². The van der Waals surface area contributed by atoms with Crippen molar-refractivity contribution < 1.29 is 17.9 Å². The lowest BCUT2D eigenvalue weighted by molar-refractivity contribution is -0.274. The quantitative estimate of drug-likeness (QED) is 0.211. The van der Waals surface area contributed by atoms with Crippen LogP contribution < -0.4 is 15.5 Å². The Labute approximate surface area is 199 Å². The summed E-state index contributed by atoms with van der Waals surface area (Å²) in [6.45, 7) is 4.00. The molecule has 0 saturated heterocycles. The summed E-state index contributed by atoms with van der Waals surface area (Å²) in [6, 6.07) is 17.1. The van der Waals surface area contributed by atoms with Gasteiger partial charge in [-0.05, 0) is 79.2 Å². The highest BCUT2D eigenvalue weighted by Crippen LogP contribution is 2.25. The highest BCUT2D eigenvalue weighted by Gasteiger charge is 2.31. The van der Waals surface area contributed by atoms with Gasteiger partial charge in [0.1, 0.15) is 5.75 Å². The number of rotatable bonds is 5. The third kappa shape index (κ3) is 5.52. The predicted octanol–water partition coefficient (Wildman–Crippen LogP) is 5.86. The number of benzene rings is 3. The van der Waals surface area contributed by atoms with Crippen LogP contribution in [0, 0.1) is 13.8 Å². The molecule has 0 atom stereocenters. The van der Waals surface area contributed by atoms with E-state index in [4.69, 9.17) is 12.2 Å². The van der Waals surface area contributed by atoms with Gasteiger partial charge in [0.2, 0.25) is 0 Å². The largest absolute Gasteiger partial charge is 0.573 e. The van der Waals surface area contributed by atoms with Gasteiger partial charge in [0.15, 0.2) is 5.11 Å². The normalized spacial score (nSPS) is 11.7. The lowest BCUT2D eigenvalue weighted by atomic mass is 10.1. The zero-order valence-corrected chi connectivity index (χ0v) is 19.0.